The molecular weight excluding hydrogens is 230 g/mol. The first-order chi connectivity index (χ1) is 8.88. The van der Waals surface area contributed by atoms with Crippen molar-refractivity contribution in [1.29, 1.82) is 0 Å². The van der Waals surface area contributed by atoms with E-state index in [9.17, 15) is 0 Å². The molecule has 1 heterocycles. The lowest BCUT2D eigenvalue weighted by Crippen LogP contribution is -2.13. The second-order valence-corrected chi connectivity index (χ2v) is 4.48. The zero-order valence-electron chi connectivity index (χ0n) is 10.9. The third-order valence-electron chi connectivity index (χ3n) is 3.03. The normalized spacial score (nSPS) is 18.8. The van der Waals surface area contributed by atoms with Gasteiger partial charge in [-0.25, -0.2) is 0 Å². The summed E-state index contributed by atoms with van der Waals surface area (Å²) in [4.78, 5) is 0. The predicted octanol–water partition coefficient (Wildman–Crippen LogP) is 2.16. The second kappa shape index (κ2) is 7.24. The Balaban J connectivity index is 1.72. The van der Waals surface area contributed by atoms with E-state index in [1.165, 1.54) is 0 Å². The van der Waals surface area contributed by atoms with Crippen molar-refractivity contribution in [2.75, 3.05) is 45.4 Å². The number of benzene rings is 1. The van der Waals surface area contributed by atoms with Crippen LogP contribution in [0.25, 0.3) is 0 Å². The molecule has 0 amide bonds. The highest BCUT2D eigenvalue weighted by molar-refractivity contribution is 5.46. The lowest BCUT2D eigenvalue weighted by atomic mass is 10.1. The van der Waals surface area contributed by atoms with E-state index in [-0.39, 0.29) is 0 Å². The van der Waals surface area contributed by atoms with Crippen LogP contribution in [-0.2, 0) is 9.47 Å². The molecule has 0 spiro atoms. The zero-order valence-corrected chi connectivity index (χ0v) is 10.9. The molecule has 0 bridgehead atoms. The van der Waals surface area contributed by atoms with Gasteiger partial charge >= 0.3 is 0 Å². The average molecular weight is 251 g/mol. The van der Waals surface area contributed by atoms with Crippen LogP contribution in [0.2, 0.25) is 0 Å². The molecule has 18 heavy (non-hydrogen) atoms. The van der Waals surface area contributed by atoms with Crippen LogP contribution in [-0.4, -0.2) is 40.1 Å². The van der Waals surface area contributed by atoms with Crippen molar-refractivity contribution in [3.8, 4) is 5.75 Å². The average Bonchev–Trinajstić information content (AvgIpc) is 2.91. The van der Waals surface area contributed by atoms with Crippen LogP contribution in [0.1, 0.15) is 6.42 Å². The molecule has 1 unspecified atom stereocenters. The van der Waals surface area contributed by atoms with Gasteiger partial charge < -0.3 is 19.5 Å². The number of rotatable bonds is 7. The van der Waals surface area contributed by atoms with E-state index in [2.05, 4.69) is 5.32 Å². The molecule has 1 aromatic rings. The highest BCUT2D eigenvalue weighted by Gasteiger charge is 2.14. The van der Waals surface area contributed by atoms with Crippen molar-refractivity contribution < 1.29 is 14.2 Å². The third-order valence-corrected chi connectivity index (χ3v) is 3.03. The topological polar surface area (TPSA) is 39.7 Å². The molecule has 1 atom stereocenters. The standard InChI is InChI=1S/C14H21NO3/c1-16-8-9-18-14-4-2-13(3-5-14)15-10-12-6-7-17-11-12/h2-5,12,15H,6-11H2,1H3. The lowest BCUT2D eigenvalue weighted by molar-refractivity contribution is 0.146. The minimum absolute atomic E-state index is 0.586. The van der Waals surface area contributed by atoms with Crippen molar-refractivity contribution in [3.05, 3.63) is 24.3 Å². The van der Waals surface area contributed by atoms with E-state index in [0.29, 0.717) is 19.1 Å². The van der Waals surface area contributed by atoms with Crippen LogP contribution < -0.4 is 10.1 Å². The number of methoxy groups -OCH3 is 1. The van der Waals surface area contributed by atoms with Crippen molar-refractivity contribution in [3.63, 3.8) is 0 Å². The van der Waals surface area contributed by atoms with Gasteiger partial charge in [0.25, 0.3) is 0 Å². The van der Waals surface area contributed by atoms with E-state index < -0.39 is 0 Å². The van der Waals surface area contributed by atoms with Gasteiger partial charge in [-0.15, -0.1) is 0 Å². The van der Waals surface area contributed by atoms with Crippen LogP contribution >= 0.6 is 0 Å². The first kappa shape index (κ1) is 13.2. The summed E-state index contributed by atoms with van der Waals surface area (Å²) in [6.07, 6.45) is 1.16. The first-order valence-corrected chi connectivity index (χ1v) is 6.42. The third kappa shape index (κ3) is 4.20. The summed E-state index contributed by atoms with van der Waals surface area (Å²) >= 11 is 0. The molecule has 100 valence electrons. The molecule has 0 aromatic heterocycles. The molecule has 0 aliphatic carbocycles. The van der Waals surface area contributed by atoms with E-state index >= 15 is 0 Å². The Morgan fingerprint density at radius 2 is 2.11 bits per heavy atom. The Labute approximate surface area is 108 Å². The van der Waals surface area contributed by atoms with Crippen LogP contribution in [0.3, 0.4) is 0 Å². The number of hydrogen-bond acceptors (Lipinski definition) is 4. The van der Waals surface area contributed by atoms with Crippen molar-refractivity contribution in [2.24, 2.45) is 5.92 Å². The summed E-state index contributed by atoms with van der Waals surface area (Å²) in [7, 11) is 1.67. The van der Waals surface area contributed by atoms with E-state index in [4.69, 9.17) is 14.2 Å². The Bertz CT molecular complexity index is 333. The number of ether oxygens (including phenoxy) is 3. The lowest BCUT2D eigenvalue weighted by Gasteiger charge is -2.11. The van der Waals surface area contributed by atoms with Gasteiger partial charge in [0.2, 0.25) is 0 Å². The predicted molar refractivity (Wildman–Crippen MR) is 71.2 cm³/mol. The van der Waals surface area contributed by atoms with Crippen LogP contribution in [0, 0.1) is 5.92 Å². The smallest absolute Gasteiger partial charge is 0.119 e. The minimum Gasteiger partial charge on any atom is -0.491 e. The SMILES string of the molecule is COCCOc1ccc(NCC2CCOC2)cc1. The molecule has 0 radical (unpaired) electrons. The number of hydrogen-bond donors (Lipinski definition) is 1. The summed E-state index contributed by atoms with van der Waals surface area (Å²) in [5, 5.41) is 3.42. The molecule has 2 rings (SSSR count). The van der Waals surface area contributed by atoms with Crippen LogP contribution in [0.4, 0.5) is 5.69 Å². The fraction of sp³-hybridized carbons (Fsp3) is 0.571. The number of anilines is 1. The minimum atomic E-state index is 0.586. The zero-order chi connectivity index (χ0) is 12.6. The molecular formula is C14H21NO3. The van der Waals surface area contributed by atoms with Gasteiger partial charge in [-0.1, -0.05) is 0 Å². The van der Waals surface area contributed by atoms with Gasteiger partial charge in [-0.05, 0) is 30.7 Å². The highest BCUT2D eigenvalue weighted by Crippen LogP contribution is 2.17. The van der Waals surface area contributed by atoms with Gasteiger partial charge in [0.05, 0.1) is 13.2 Å². The molecule has 1 N–H and O–H groups in total. The summed E-state index contributed by atoms with van der Waals surface area (Å²) < 4.78 is 15.8. The summed E-state index contributed by atoms with van der Waals surface area (Å²) in [5.74, 6) is 1.52. The Kier molecular flexibility index (Phi) is 5.30. The highest BCUT2D eigenvalue weighted by atomic mass is 16.5. The number of nitrogens with one attached hydrogen (secondary N) is 1. The molecule has 1 aliphatic rings. The monoisotopic (exact) mass is 251 g/mol. The van der Waals surface area contributed by atoms with Gasteiger partial charge in [-0.2, -0.15) is 0 Å². The molecule has 1 fully saturated rings. The Morgan fingerprint density at radius 3 is 2.78 bits per heavy atom. The van der Waals surface area contributed by atoms with Crippen LogP contribution in [0.5, 0.6) is 5.75 Å². The molecule has 1 saturated heterocycles. The van der Waals surface area contributed by atoms with Gasteiger partial charge in [-0.3, -0.25) is 0 Å². The quantitative estimate of drug-likeness (QED) is 0.754. The molecule has 1 aliphatic heterocycles. The molecule has 4 nitrogen and oxygen atoms in total. The van der Waals surface area contributed by atoms with Gasteiger partial charge in [0.15, 0.2) is 0 Å². The van der Waals surface area contributed by atoms with Crippen LogP contribution in [0.15, 0.2) is 24.3 Å². The first-order valence-electron chi connectivity index (χ1n) is 6.42. The van der Waals surface area contributed by atoms with Crippen molar-refractivity contribution in [2.45, 2.75) is 6.42 Å². The summed E-state index contributed by atoms with van der Waals surface area (Å²) in [5.41, 5.74) is 1.13. The van der Waals surface area contributed by atoms with Crippen molar-refractivity contribution in [1.82, 2.24) is 0 Å². The van der Waals surface area contributed by atoms with E-state index in [0.717, 1.165) is 37.6 Å². The van der Waals surface area contributed by atoms with E-state index in [1.807, 2.05) is 24.3 Å². The fourth-order valence-electron chi connectivity index (χ4n) is 1.92. The second-order valence-electron chi connectivity index (χ2n) is 4.48. The molecule has 4 heteroatoms. The summed E-state index contributed by atoms with van der Waals surface area (Å²) in [6, 6.07) is 8.03. The van der Waals surface area contributed by atoms with Gasteiger partial charge in [0, 0.05) is 31.9 Å². The maximum absolute atomic E-state index is 5.51. The summed E-state index contributed by atoms with van der Waals surface area (Å²) in [6.45, 7) is 3.96. The molecule has 1 aromatic carbocycles. The Hall–Kier alpha value is -1.26. The van der Waals surface area contributed by atoms with Crippen molar-refractivity contribution >= 4 is 5.69 Å². The maximum atomic E-state index is 5.51. The largest absolute Gasteiger partial charge is 0.491 e. The Morgan fingerprint density at radius 1 is 1.28 bits per heavy atom. The molecule has 0 saturated carbocycles. The van der Waals surface area contributed by atoms with Gasteiger partial charge in [0.1, 0.15) is 12.4 Å². The maximum Gasteiger partial charge on any atom is 0.119 e. The fourth-order valence-corrected chi connectivity index (χ4v) is 1.92. The van der Waals surface area contributed by atoms with E-state index in [1.54, 1.807) is 7.11 Å².